The van der Waals surface area contributed by atoms with Crippen molar-refractivity contribution in [1.82, 2.24) is 4.72 Å². The largest absolute Gasteiger partial charge is 0.377 e. The van der Waals surface area contributed by atoms with Crippen LogP contribution in [0.4, 0.5) is 14.5 Å². The summed E-state index contributed by atoms with van der Waals surface area (Å²) in [5.74, 6) is -2.03. The summed E-state index contributed by atoms with van der Waals surface area (Å²) < 4.78 is 59.5. The summed E-state index contributed by atoms with van der Waals surface area (Å²) in [6.07, 6.45) is 1.47. The van der Waals surface area contributed by atoms with E-state index in [1.807, 2.05) is 0 Å². The molecule has 1 amide bonds. The van der Waals surface area contributed by atoms with E-state index in [1.165, 1.54) is 18.2 Å². The Bertz CT molecular complexity index is 927. The molecule has 0 bridgehead atoms. The van der Waals surface area contributed by atoms with Crippen LogP contribution in [0.5, 0.6) is 0 Å². The summed E-state index contributed by atoms with van der Waals surface area (Å²) in [4.78, 5) is 11.8. The minimum Gasteiger partial charge on any atom is -0.377 e. The van der Waals surface area contributed by atoms with E-state index in [1.54, 1.807) is 0 Å². The number of halogens is 2. The van der Waals surface area contributed by atoms with Crippen LogP contribution in [0.3, 0.4) is 0 Å². The molecule has 1 aliphatic rings. The van der Waals surface area contributed by atoms with Crippen molar-refractivity contribution in [3.05, 3.63) is 59.7 Å². The number of benzene rings is 2. The number of amides is 1. The fraction of sp³-hybridized carbons (Fsp3) is 0.278. The van der Waals surface area contributed by atoms with Crippen LogP contribution in [-0.4, -0.2) is 33.6 Å². The van der Waals surface area contributed by atoms with Crippen LogP contribution in [0.1, 0.15) is 23.2 Å². The van der Waals surface area contributed by atoms with Crippen LogP contribution >= 0.6 is 0 Å². The lowest BCUT2D eigenvalue weighted by atomic mass is 10.2. The second-order valence-electron chi connectivity index (χ2n) is 6.09. The van der Waals surface area contributed by atoms with Gasteiger partial charge in [0.25, 0.3) is 5.91 Å². The number of nitrogens with one attached hydrogen (secondary N) is 2. The Balaban J connectivity index is 1.69. The van der Waals surface area contributed by atoms with Gasteiger partial charge in [0, 0.05) is 18.7 Å². The standard InChI is InChI=1S/C18H18F2N2O4S/c19-13-5-3-12(4-6-13)18(23)22-17-8-7-15(10-16(17)20)27(24,25)21-11-14-2-1-9-26-14/h3-8,10,14,21H,1-2,9,11H2,(H,22,23)/t14-/m1/s1. The summed E-state index contributed by atoms with van der Waals surface area (Å²) >= 11 is 0. The minimum atomic E-state index is -3.90. The lowest BCUT2D eigenvalue weighted by Gasteiger charge is -2.12. The Hall–Kier alpha value is -2.36. The molecule has 1 heterocycles. The van der Waals surface area contributed by atoms with Gasteiger partial charge >= 0.3 is 0 Å². The van der Waals surface area contributed by atoms with Crippen LogP contribution in [0.2, 0.25) is 0 Å². The summed E-state index contributed by atoms with van der Waals surface area (Å²) in [6.45, 7) is 0.719. The Labute approximate surface area is 155 Å². The fourth-order valence-electron chi connectivity index (χ4n) is 2.65. The number of rotatable bonds is 6. The molecule has 0 spiro atoms. The first kappa shape index (κ1) is 19.4. The molecule has 2 N–H and O–H groups in total. The van der Waals surface area contributed by atoms with Crippen molar-refractivity contribution in [3.8, 4) is 0 Å². The third kappa shape index (κ3) is 4.88. The van der Waals surface area contributed by atoms with Crippen LogP contribution in [0.15, 0.2) is 47.4 Å². The zero-order valence-electron chi connectivity index (χ0n) is 14.2. The Morgan fingerprint density at radius 3 is 2.52 bits per heavy atom. The van der Waals surface area contributed by atoms with Gasteiger partial charge in [-0.2, -0.15) is 0 Å². The van der Waals surface area contributed by atoms with Gasteiger partial charge in [-0.1, -0.05) is 0 Å². The number of hydrogen-bond acceptors (Lipinski definition) is 4. The quantitative estimate of drug-likeness (QED) is 0.786. The minimum absolute atomic E-state index is 0.118. The van der Waals surface area contributed by atoms with Gasteiger partial charge < -0.3 is 10.1 Å². The molecule has 6 nitrogen and oxygen atoms in total. The molecule has 1 atom stereocenters. The lowest BCUT2D eigenvalue weighted by Crippen LogP contribution is -2.31. The predicted molar refractivity (Wildman–Crippen MR) is 94.9 cm³/mol. The number of sulfonamides is 1. The summed E-state index contributed by atoms with van der Waals surface area (Å²) in [6, 6.07) is 7.94. The maximum Gasteiger partial charge on any atom is 0.255 e. The Kier molecular flexibility index (Phi) is 5.83. The van der Waals surface area contributed by atoms with Gasteiger partial charge in [0.15, 0.2) is 0 Å². The summed E-state index contributed by atoms with van der Waals surface area (Å²) in [5, 5.41) is 2.33. The molecule has 0 saturated carbocycles. The highest BCUT2D eigenvalue weighted by atomic mass is 32.2. The first-order valence-electron chi connectivity index (χ1n) is 8.33. The van der Waals surface area contributed by atoms with Crippen molar-refractivity contribution in [3.63, 3.8) is 0 Å². The first-order valence-corrected chi connectivity index (χ1v) is 9.81. The van der Waals surface area contributed by atoms with E-state index in [2.05, 4.69) is 10.0 Å². The van der Waals surface area contributed by atoms with Crippen molar-refractivity contribution in [1.29, 1.82) is 0 Å². The molecule has 1 fully saturated rings. The highest BCUT2D eigenvalue weighted by Crippen LogP contribution is 2.20. The SMILES string of the molecule is O=C(Nc1ccc(S(=O)(=O)NC[C@H]2CCCO2)cc1F)c1ccc(F)cc1. The molecule has 1 saturated heterocycles. The molecular weight excluding hydrogens is 378 g/mol. The highest BCUT2D eigenvalue weighted by molar-refractivity contribution is 7.89. The molecule has 2 aromatic rings. The van der Waals surface area contributed by atoms with Crippen LogP contribution in [0, 0.1) is 11.6 Å². The summed E-state index contributed by atoms with van der Waals surface area (Å²) in [5.41, 5.74) is -0.0341. The third-order valence-electron chi connectivity index (χ3n) is 4.13. The average molecular weight is 396 g/mol. The third-order valence-corrected chi connectivity index (χ3v) is 5.55. The molecule has 0 unspecified atom stereocenters. The Morgan fingerprint density at radius 2 is 1.89 bits per heavy atom. The normalized spacial score (nSPS) is 17.0. The van der Waals surface area contributed by atoms with E-state index in [4.69, 9.17) is 4.74 Å². The molecule has 3 rings (SSSR count). The maximum atomic E-state index is 14.3. The van der Waals surface area contributed by atoms with Crippen molar-refractivity contribution < 1.29 is 26.7 Å². The second-order valence-corrected chi connectivity index (χ2v) is 7.86. The van der Waals surface area contributed by atoms with Gasteiger partial charge in [0.1, 0.15) is 11.6 Å². The molecule has 9 heteroatoms. The average Bonchev–Trinajstić information content (AvgIpc) is 3.16. The lowest BCUT2D eigenvalue weighted by molar-refractivity contribution is 0.102. The van der Waals surface area contributed by atoms with Crippen LogP contribution in [0.25, 0.3) is 0 Å². The highest BCUT2D eigenvalue weighted by Gasteiger charge is 2.21. The number of carbonyl (C=O) groups is 1. The zero-order valence-corrected chi connectivity index (χ0v) is 15.1. The van der Waals surface area contributed by atoms with Gasteiger partial charge in [-0.25, -0.2) is 21.9 Å². The van der Waals surface area contributed by atoms with Gasteiger partial charge in [-0.15, -0.1) is 0 Å². The molecule has 1 aliphatic heterocycles. The van der Waals surface area contributed by atoms with E-state index >= 15 is 0 Å². The number of ether oxygens (including phenoxy) is 1. The van der Waals surface area contributed by atoms with Crippen molar-refractivity contribution in [2.75, 3.05) is 18.5 Å². The molecule has 2 aromatic carbocycles. The predicted octanol–water partition coefficient (Wildman–Crippen LogP) is 2.67. The topological polar surface area (TPSA) is 84.5 Å². The van der Waals surface area contributed by atoms with Crippen LogP contribution < -0.4 is 10.0 Å². The van der Waals surface area contributed by atoms with E-state index in [0.717, 1.165) is 37.1 Å². The van der Waals surface area contributed by atoms with Gasteiger partial charge in [-0.3, -0.25) is 4.79 Å². The van der Waals surface area contributed by atoms with Gasteiger partial charge in [0.2, 0.25) is 10.0 Å². The van der Waals surface area contributed by atoms with Crippen molar-refractivity contribution in [2.24, 2.45) is 0 Å². The number of anilines is 1. The first-order chi connectivity index (χ1) is 12.8. The second kappa shape index (κ2) is 8.12. The molecular formula is C18H18F2N2O4S. The fourth-order valence-corrected chi connectivity index (χ4v) is 3.73. The molecule has 144 valence electrons. The maximum absolute atomic E-state index is 14.3. The van der Waals surface area contributed by atoms with Crippen LogP contribution in [-0.2, 0) is 14.8 Å². The zero-order chi connectivity index (χ0) is 19.4. The van der Waals surface area contributed by atoms with E-state index in [-0.39, 0.29) is 28.8 Å². The molecule has 0 aliphatic carbocycles. The van der Waals surface area contributed by atoms with E-state index < -0.39 is 27.6 Å². The molecule has 0 radical (unpaired) electrons. The Morgan fingerprint density at radius 1 is 1.15 bits per heavy atom. The van der Waals surface area contributed by atoms with E-state index in [9.17, 15) is 22.0 Å². The summed E-state index contributed by atoms with van der Waals surface area (Å²) in [7, 11) is -3.90. The van der Waals surface area contributed by atoms with Crippen molar-refractivity contribution >= 4 is 21.6 Å². The monoisotopic (exact) mass is 396 g/mol. The van der Waals surface area contributed by atoms with Gasteiger partial charge in [-0.05, 0) is 55.3 Å². The molecule has 0 aromatic heterocycles. The molecule has 27 heavy (non-hydrogen) atoms. The smallest absolute Gasteiger partial charge is 0.255 e. The van der Waals surface area contributed by atoms with Gasteiger partial charge in [0.05, 0.1) is 16.7 Å². The van der Waals surface area contributed by atoms with Crippen molar-refractivity contribution in [2.45, 2.75) is 23.8 Å². The number of carbonyl (C=O) groups excluding carboxylic acids is 1. The number of hydrogen-bond donors (Lipinski definition) is 2. The van der Waals surface area contributed by atoms with E-state index in [0.29, 0.717) is 6.61 Å².